The van der Waals surface area contributed by atoms with E-state index in [1.54, 1.807) is 25.8 Å². The van der Waals surface area contributed by atoms with Crippen LogP contribution in [0.25, 0.3) is 0 Å². The highest BCUT2D eigenvalue weighted by atomic mass is 16.6. The number of aliphatic hydroxyl groups is 1. The van der Waals surface area contributed by atoms with Crippen LogP contribution < -0.4 is 10.2 Å². The Morgan fingerprint density at radius 3 is 2.63 bits per heavy atom. The molecule has 0 atom stereocenters. The molecule has 1 aromatic rings. The van der Waals surface area contributed by atoms with Crippen molar-refractivity contribution in [2.75, 3.05) is 30.4 Å². The standard InChI is InChI=1S/C12H20N4O3/c1-5-13-10-6-9(16(18)19)7-11(14-10)15(4)8-12(2,3)17/h6-7,17H,5,8H2,1-4H3,(H,13,14). The Morgan fingerprint density at radius 1 is 1.53 bits per heavy atom. The summed E-state index contributed by atoms with van der Waals surface area (Å²) in [7, 11) is 1.74. The van der Waals surface area contributed by atoms with Gasteiger partial charge in [0.2, 0.25) is 0 Å². The first-order valence-corrected chi connectivity index (χ1v) is 6.07. The van der Waals surface area contributed by atoms with Crippen LogP contribution in [0.4, 0.5) is 17.3 Å². The number of pyridine rings is 1. The lowest BCUT2D eigenvalue weighted by molar-refractivity contribution is -0.384. The molecule has 0 amide bonds. The molecule has 2 N–H and O–H groups in total. The zero-order valence-electron chi connectivity index (χ0n) is 11.7. The number of nitrogens with one attached hydrogen (secondary N) is 1. The first-order valence-electron chi connectivity index (χ1n) is 6.07. The summed E-state index contributed by atoms with van der Waals surface area (Å²) in [5.74, 6) is 0.904. The molecule has 7 heteroatoms. The van der Waals surface area contributed by atoms with E-state index in [1.807, 2.05) is 6.92 Å². The highest BCUT2D eigenvalue weighted by molar-refractivity contribution is 5.55. The van der Waals surface area contributed by atoms with Gasteiger partial charge in [-0.25, -0.2) is 4.98 Å². The summed E-state index contributed by atoms with van der Waals surface area (Å²) < 4.78 is 0. The molecule has 0 radical (unpaired) electrons. The number of hydrogen-bond donors (Lipinski definition) is 2. The predicted molar refractivity (Wildman–Crippen MR) is 74.6 cm³/mol. The molecule has 0 aliphatic rings. The summed E-state index contributed by atoms with van der Waals surface area (Å²) in [4.78, 5) is 16.4. The van der Waals surface area contributed by atoms with Crippen LogP contribution in [-0.2, 0) is 0 Å². The lowest BCUT2D eigenvalue weighted by Crippen LogP contribution is -2.36. The van der Waals surface area contributed by atoms with Gasteiger partial charge >= 0.3 is 0 Å². The second-order valence-corrected chi connectivity index (χ2v) is 5.02. The van der Waals surface area contributed by atoms with Gasteiger partial charge in [0.15, 0.2) is 0 Å². The van der Waals surface area contributed by atoms with E-state index in [-0.39, 0.29) is 5.69 Å². The van der Waals surface area contributed by atoms with Gasteiger partial charge in [-0.2, -0.15) is 0 Å². The summed E-state index contributed by atoms with van der Waals surface area (Å²) in [5.41, 5.74) is -0.928. The fourth-order valence-corrected chi connectivity index (χ4v) is 1.74. The second kappa shape index (κ2) is 5.83. The highest BCUT2D eigenvalue weighted by Gasteiger charge is 2.19. The Kier molecular flexibility index (Phi) is 4.66. The first-order chi connectivity index (χ1) is 8.73. The lowest BCUT2D eigenvalue weighted by Gasteiger charge is -2.26. The van der Waals surface area contributed by atoms with Gasteiger partial charge < -0.3 is 15.3 Å². The summed E-state index contributed by atoms with van der Waals surface area (Å²) in [5, 5.41) is 23.6. The molecule has 1 heterocycles. The minimum absolute atomic E-state index is 0.0245. The highest BCUT2D eigenvalue weighted by Crippen LogP contribution is 2.23. The number of hydrogen-bond acceptors (Lipinski definition) is 6. The van der Waals surface area contributed by atoms with Gasteiger partial charge in [0.05, 0.1) is 22.7 Å². The summed E-state index contributed by atoms with van der Waals surface area (Å²) in [6, 6.07) is 2.79. The number of nitrogens with zero attached hydrogens (tertiary/aromatic N) is 3. The van der Waals surface area contributed by atoms with Crippen LogP contribution >= 0.6 is 0 Å². The van der Waals surface area contributed by atoms with Gasteiger partial charge in [-0.05, 0) is 20.8 Å². The van der Waals surface area contributed by atoms with Gasteiger partial charge in [-0.3, -0.25) is 10.1 Å². The van der Waals surface area contributed by atoms with Crippen molar-refractivity contribution >= 4 is 17.3 Å². The molecule has 0 aliphatic carbocycles. The molecule has 7 nitrogen and oxygen atoms in total. The van der Waals surface area contributed by atoms with Crippen molar-refractivity contribution in [2.45, 2.75) is 26.4 Å². The molecular formula is C12H20N4O3. The van der Waals surface area contributed by atoms with Crippen molar-refractivity contribution in [3.63, 3.8) is 0 Å². The van der Waals surface area contributed by atoms with Crippen molar-refractivity contribution < 1.29 is 10.0 Å². The molecule has 106 valence electrons. The third-order valence-electron chi connectivity index (χ3n) is 2.38. The van der Waals surface area contributed by atoms with Crippen molar-refractivity contribution in [1.29, 1.82) is 0 Å². The largest absolute Gasteiger partial charge is 0.389 e. The molecule has 19 heavy (non-hydrogen) atoms. The minimum atomic E-state index is -0.903. The van der Waals surface area contributed by atoms with Crippen molar-refractivity contribution in [3.05, 3.63) is 22.2 Å². The molecule has 0 aliphatic heterocycles. The van der Waals surface area contributed by atoms with Gasteiger partial charge in [0, 0.05) is 20.1 Å². The fourth-order valence-electron chi connectivity index (χ4n) is 1.74. The molecule has 0 unspecified atom stereocenters. The maximum Gasteiger partial charge on any atom is 0.276 e. The average molecular weight is 268 g/mol. The van der Waals surface area contributed by atoms with Crippen molar-refractivity contribution in [2.24, 2.45) is 0 Å². The van der Waals surface area contributed by atoms with Crippen LogP contribution in [-0.4, -0.2) is 40.8 Å². The molecular weight excluding hydrogens is 248 g/mol. The minimum Gasteiger partial charge on any atom is -0.389 e. The van der Waals surface area contributed by atoms with E-state index in [4.69, 9.17) is 0 Å². The lowest BCUT2D eigenvalue weighted by atomic mass is 10.1. The number of anilines is 2. The van der Waals surface area contributed by atoms with E-state index in [2.05, 4.69) is 10.3 Å². The molecule has 0 aromatic carbocycles. The zero-order chi connectivity index (χ0) is 14.6. The third-order valence-corrected chi connectivity index (χ3v) is 2.38. The normalized spacial score (nSPS) is 11.2. The van der Waals surface area contributed by atoms with E-state index in [0.717, 1.165) is 0 Å². The van der Waals surface area contributed by atoms with E-state index < -0.39 is 10.5 Å². The molecule has 0 fully saturated rings. The Balaban J connectivity index is 3.08. The predicted octanol–water partition coefficient (Wildman–Crippen LogP) is 1.63. The SMILES string of the molecule is CCNc1cc([N+](=O)[O-])cc(N(C)CC(C)(C)O)n1. The summed E-state index contributed by atoms with van der Waals surface area (Å²) >= 11 is 0. The van der Waals surface area contributed by atoms with Gasteiger partial charge in [-0.1, -0.05) is 0 Å². The van der Waals surface area contributed by atoms with Crippen LogP contribution in [0.15, 0.2) is 12.1 Å². The van der Waals surface area contributed by atoms with E-state index >= 15 is 0 Å². The molecule has 1 rings (SSSR count). The van der Waals surface area contributed by atoms with Crippen LogP contribution in [0.1, 0.15) is 20.8 Å². The van der Waals surface area contributed by atoms with Crippen LogP contribution in [0, 0.1) is 10.1 Å². The van der Waals surface area contributed by atoms with Gasteiger partial charge in [0.1, 0.15) is 11.6 Å². The zero-order valence-corrected chi connectivity index (χ0v) is 11.7. The Morgan fingerprint density at radius 2 is 2.16 bits per heavy atom. The number of nitro groups is 1. The molecule has 1 aromatic heterocycles. The summed E-state index contributed by atoms with van der Waals surface area (Å²) in [6.07, 6.45) is 0. The van der Waals surface area contributed by atoms with Crippen molar-refractivity contribution in [3.8, 4) is 0 Å². The maximum absolute atomic E-state index is 10.9. The third kappa shape index (κ3) is 4.70. The fraction of sp³-hybridized carbons (Fsp3) is 0.583. The van der Waals surface area contributed by atoms with Crippen LogP contribution in [0.5, 0.6) is 0 Å². The Hall–Kier alpha value is -1.89. The average Bonchev–Trinajstić information content (AvgIpc) is 2.26. The maximum atomic E-state index is 10.9. The second-order valence-electron chi connectivity index (χ2n) is 5.02. The summed E-state index contributed by atoms with van der Waals surface area (Å²) in [6.45, 7) is 6.19. The van der Waals surface area contributed by atoms with Gasteiger partial charge in [0.25, 0.3) is 5.69 Å². The van der Waals surface area contributed by atoms with E-state index in [9.17, 15) is 15.2 Å². The molecule has 0 spiro atoms. The molecule has 0 bridgehead atoms. The number of rotatable bonds is 6. The van der Waals surface area contributed by atoms with E-state index in [0.29, 0.717) is 24.7 Å². The van der Waals surface area contributed by atoms with Crippen LogP contribution in [0.2, 0.25) is 0 Å². The van der Waals surface area contributed by atoms with Crippen LogP contribution in [0.3, 0.4) is 0 Å². The quantitative estimate of drug-likeness (QED) is 0.602. The van der Waals surface area contributed by atoms with Crippen molar-refractivity contribution in [1.82, 2.24) is 4.98 Å². The topological polar surface area (TPSA) is 91.5 Å². The number of likely N-dealkylation sites (N-methyl/N-ethyl adjacent to an activating group) is 1. The monoisotopic (exact) mass is 268 g/mol. The van der Waals surface area contributed by atoms with Gasteiger partial charge in [-0.15, -0.1) is 0 Å². The Labute approximate surface area is 112 Å². The number of aromatic nitrogens is 1. The molecule has 0 saturated carbocycles. The van der Waals surface area contributed by atoms with E-state index in [1.165, 1.54) is 12.1 Å². The Bertz CT molecular complexity index is 457. The smallest absolute Gasteiger partial charge is 0.276 e. The molecule has 0 saturated heterocycles. The first kappa shape index (κ1) is 15.2.